The minimum absolute atomic E-state index is 0.0282. The number of aromatic nitrogens is 2. The van der Waals surface area contributed by atoms with Crippen LogP contribution in [0.2, 0.25) is 0 Å². The number of hydrogen-bond donors (Lipinski definition) is 1. The first-order chi connectivity index (χ1) is 16.5. The molecule has 34 heavy (non-hydrogen) atoms. The molecule has 1 saturated heterocycles. The fraction of sp³-hybridized carbons (Fsp3) is 0.333. The molecule has 4 rings (SSSR count). The molecule has 178 valence electrons. The zero-order valence-corrected chi connectivity index (χ0v) is 20.0. The van der Waals surface area contributed by atoms with Crippen molar-refractivity contribution < 1.29 is 18.7 Å². The van der Waals surface area contributed by atoms with Gasteiger partial charge in [-0.05, 0) is 43.2 Å². The second-order valence-electron chi connectivity index (χ2n) is 7.97. The number of anilines is 1. The Hall–Kier alpha value is -3.53. The summed E-state index contributed by atoms with van der Waals surface area (Å²) < 4.78 is 11.4. The number of amides is 3. The van der Waals surface area contributed by atoms with Crippen molar-refractivity contribution >= 4 is 29.4 Å². The molecule has 1 fully saturated rings. The number of aryl methyl sites for hydroxylation is 2. The van der Waals surface area contributed by atoms with Crippen LogP contribution >= 0.6 is 11.8 Å². The molecule has 1 aliphatic heterocycles. The van der Waals surface area contributed by atoms with Crippen molar-refractivity contribution in [1.29, 1.82) is 0 Å². The van der Waals surface area contributed by atoms with Gasteiger partial charge in [-0.3, -0.25) is 4.79 Å². The molecule has 0 spiro atoms. The van der Waals surface area contributed by atoms with Gasteiger partial charge in [0.2, 0.25) is 5.91 Å². The molecule has 1 N–H and O–H groups in total. The van der Waals surface area contributed by atoms with Crippen LogP contribution < -0.4 is 10.1 Å². The number of hydrogen-bond acceptors (Lipinski definition) is 7. The lowest BCUT2D eigenvalue weighted by Gasteiger charge is -2.34. The highest BCUT2D eigenvalue weighted by Gasteiger charge is 2.24. The van der Waals surface area contributed by atoms with Crippen LogP contribution in [0, 0.1) is 13.8 Å². The van der Waals surface area contributed by atoms with Gasteiger partial charge in [-0.25, -0.2) is 4.79 Å². The van der Waals surface area contributed by atoms with Crippen LogP contribution in [0.1, 0.15) is 17.0 Å². The number of piperazine rings is 1. The van der Waals surface area contributed by atoms with Gasteiger partial charge >= 0.3 is 6.03 Å². The van der Waals surface area contributed by atoms with Gasteiger partial charge in [0.25, 0.3) is 11.1 Å². The molecule has 0 saturated carbocycles. The Morgan fingerprint density at radius 3 is 2.53 bits per heavy atom. The van der Waals surface area contributed by atoms with E-state index in [2.05, 4.69) is 15.5 Å². The van der Waals surface area contributed by atoms with Crippen molar-refractivity contribution in [1.82, 2.24) is 20.0 Å². The van der Waals surface area contributed by atoms with Gasteiger partial charge in [0.15, 0.2) is 6.61 Å². The van der Waals surface area contributed by atoms with Crippen LogP contribution in [0.3, 0.4) is 0 Å². The number of carbonyl (C=O) groups excluding carboxylic acids is 2. The molecule has 0 unspecified atom stereocenters. The van der Waals surface area contributed by atoms with E-state index >= 15 is 0 Å². The maximum atomic E-state index is 12.6. The van der Waals surface area contributed by atoms with Crippen LogP contribution in [-0.4, -0.2) is 63.9 Å². The number of para-hydroxylation sites is 1. The van der Waals surface area contributed by atoms with Crippen molar-refractivity contribution in [2.45, 2.75) is 25.7 Å². The second-order valence-corrected chi connectivity index (χ2v) is 8.90. The van der Waals surface area contributed by atoms with E-state index in [-0.39, 0.29) is 24.3 Å². The fourth-order valence-electron chi connectivity index (χ4n) is 3.45. The lowest BCUT2D eigenvalue weighted by atomic mass is 10.1. The predicted octanol–water partition coefficient (Wildman–Crippen LogP) is 3.73. The van der Waals surface area contributed by atoms with Gasteiger partial charge in [-0.2, -0.15) is 0 Å². The number of nitrogens with one attached hydrogen (secondary N) is 1. The number of urea groups is 1. The maximum absolute atomic E-state index is 12.6. The lowest BCUT2D eigenvalue weighted by Crippen LogP contribution is -2.52. The number of nitrogens with zero attached hydrogens (tertiary/aromatic N) is 4. The fourth-order valence-corrected chi connectivity index (χ4v) is 4.14. The van der Waals surface area contributed by atoms with Gasteiger partial charge in [0.1, 0.15) is 5.75 Å². The molecule has 3 amide bonds. The molecule has 9 nitrogen and oxygen atoms in total. The Labute approximate surface area is 202 Å². The predicted molar refractivity (Wildman–Crippen MR) is 129 cm³/mol. The zero-order valence-electron chi connectivity index (χ0n) is 19.2. The van der Waals surface area contributed by atoms with Crippen LogP contribution in [0.25, 0.3) is 0 Å². The van der Waals surface area contributed by atoms with E-state index in [0.717, 1.165) is 22.6 Å². The van der Waals surface area contributed by atoms with E-state index in [1.165, 1.54) is 11.8 Å². The molecule has 0 bridgehead atoms. The normalized spacial score (nSPS) is 13.6. The first kappa shape index (κ1) is 23.6. The smallest absolute Gasteiger partial charge is 0.321 e. The Bertz CT molecular complexity index is 1130. The quantitative estimate of drug-likeness (QED) is 0.513. The third kappa shape index (κ3) is 6.28. The lowest BCUT2D eigenvalue weighted by molar-refractivity contribution is -0.129. The summed E-state index contributed by atoms with van der Waals surface area (Å²) in [6, 6.07) is 15.2. The summed E-state index contributed by atoms with van der Waals surface area (Å²) in [5.41, 5.74) is 2.89. The summed E-state index contributed by atoms with van der Waals surface area (Å²) in [4.78, 5) is 28.5. The molecule has 10 heteroatoms. The molecular weight excluding hydrogens is 454 g/mol. The molecule has 1 aliphatic rings. The highest BCUT2D eigenvalue weighted by atomic mass is 32.2. The van der Waals surface area contributed by atoms with E-state index in [1.807, 2.05) is 62.4 Å². The van der Waals surface area contributed by atoms with Crippen LogP contribution in [-0.2, 0) is 11.4 Å². The number of ether oxygens (including phenoxy) is 1. The number of thioether (sulfide) groups is 1. The van der Waals surface area contributed by atoms with E-state index in [1.54, 1.807) is 9.80 Å². The van der Waals surface area contributed by atoms with Crippen LogP contribution in [0.4, 0.5) is 10.5 Å². The average Bonchev–Trinajstić information content (AvgIpc) is 3.31. The summed E-state index contributed by atoms with van der Waals surface area (Å²) in [5.74, 6) is 1.29. The summed E-state index contributed by atoms with van der Waals surface area (Å²) in [5, 5.41) is 11.2. The average molecular weight is 482 g/mol. The SMILES string of the molecule is Cc1ccc(C)c(OCc2nnc(SCC(=O)N3CCN(C(=O)Nc4ccccc4)CC3)o2)c1. The molecule has 0 aliphatic carbocycles. The van der Waals surface area contributed by atoms with Crippen LogP contribution in [0.15, 0.2) is 58.2 Å². The Kier molecular flexibility index (Phi) is 7.69. The highest BCUT2D eigenvalue weighted by molar-refractivity contribution is 7.99. The molecule has 3 aromatic rings. The molecule has 0 radical (unpaired) electrons. The van der Waals surface area contributed by atoms with Gasteiger partial charge in [0, 0.05) is 31.9 Å². The molecule has 2 heterocycles. The van der Waals surface area contributed by atoms with E-state index in [0.29, 0.717) is 37.3 Å². The Morgan fingerprint density at radius 1 is 1.03 bits per heavy atom. The minimum atomic E-state index is -0.158. The third-order valence-electron chi connectivity index (χ3n) is 5.41. The maximum Gasteiger partial charge on any atom is 0.321 e. The summed E-state index contributed by atoms with van der Waals surface area (Å²) in [7, 11) is 0. The minimum Gasteiger partial charge on any atom is -0.484 e. The third-order valence-corrected chi connectivity index (χ3v) is 6.21. The van der Waals surface area contributed by atoms with Gasteiger partial charge in [0.05, 0.1) is 5.75 Å². The van der Waals surface area contributed by atoms with Crippen LogP contribution in [0.5, 0.6) is 5.75 Å². The molecule has 0 atom stereocenters. The van der Waals surface area contributed by atoms with E-state index in [4.69, 9.17) is 9.15 Å². The first-order valence-electron chi connectivity index (χ1n) is 11.0. The molecule has 1 aromatic heterocycles. The first-order valence-corrected chi connectivity index (χ1v) is 12.0. The largest absolute Gasteiger partial charge is 0.484 e. The highest BCUT2D eigenvalue weighted by Crippen LogP contribution is 2.22. The monoisotopic (exact) mass is 481 g/mol. The van der Waals surface area contributed by atoms with Crippen molar-refractivity contribution in [2.75, 3.05) is 37.2 Å². The summed E-state index contributed by atoms with van der Waals surface area (Å²) >= 11 is 1.20. The second kappa shape index (κ2) is 11.1. The topological polar surface area (TPSA) is 101 Å². The molecule has 2 aromatic carbocycles. The van der Waals surface area contributed by atoms with Gasteiger partial charge in [-0.1, -0.05) is 42.1 Å². The van der Waals surface area contributed by atoms with Gasteiger partial charge < -0.3 is 24.3 Å². The van der Waals surface area contributed by atoms with Gasteiger partial charge in [-0.15, -0.1) is 10.2 Å². The van der Waals surface area contributed by atoms with E-state index in [9.17, 15) is 9.59 Å². The van der Waals surface area contributed by atoms with E-state index < -0.39 is 0 Å². The number of rotatable bonds is 7. The molecular formula is C24H27N5O4S. The van der Waals surface area contributed by atoms with Crippen molar-refractivity contribution in [3.8, 4) is 5.75 Å². The zero-order chi connectivity index (χ0) is 23.9. The summed E-state index contributed by atoms with van der Waals surface area (Å²) in [6.45, 7) is 6.08. The number of carbonyl (C=O) groups is 2. The summed E-state index contributed by atoms with van der Waals surface area (Å²) in [6.07, 6.45) is 0. The Balaban J connectivity index is 1.19. The Morgan fingerprint density at radius 2 is 1.76 bits per heavy atom. The van der Waals surface area contributed by atoms with Crippen molar-refractivity contribution in [2.24, 2.45) is 0 Å². The van der Waals surface area contributed by atoms with Crippen molar-refractivity contribution in [3.05, 3.63) is 65.5 Å². The standard InChI is InChI=1S/C24H27N5O4S/c1-17-8-9-18(2)20(14-17)32-15-21-26-27-24(33-21)34-16-22(30)28-10-12-29(13-11-28)23(31)25-19-6-4-3-5-7-19/h3-9,14H,10-13,15-16H2,1-2H3,(H,25,31). The van der Waals surface area contributed by atoms with Crippen molar-refractivity contribution in [3.63, 3.8) is 0 Å². The number of benzene rings is 2.